The minimum Gasteiger partial charge on any atom is -0.493 e. The van der Waals surface area contributed by atoms with Crippen molar-refractivity contribution in [3.63, 3.8) is 0 Å². The Hall–Kier alpha value is -3.58. The summed E-state index contributed by atoms with van der Waals surface area (Å²) >= 11 is 0. The molecule has 0 bridgehead atoms. The van der Waals surface area contributed by atoms with Crippen molar-refractivity contribution < 1.29 is 18.4 Å². The minimum absolute atomic E-state index is 0.377. The number of pyridine rings is 1. The van der Waals surface area contributed by atoms with Gasteiger partial charge in [-0.2, -0.15) is 0 Å². The number of rotatable bonds is 10. The Labute approximate surface area is 187 Å². The molecule has 0 atom stereocenters. The highest BCUT2D eigenvalue weighted by molar-refractivity contribution is 5.43. The van der Waals surface area contributed by atoms with E-state index in [9.17, 15) is 0 Å². The average molecular weight is 434 g/mol. The summed E-state index contributed by atoms with van der Waals surface area (Å²) in [4.78, 5) is 6.54. The zero-order valence-electron chi connectivity index (χ0n) is 18.6. The van der Waals surface area contributed by atoms with Gasteiger partial charge < -0.3 is 18.4 Å². The SMILES string of the molecule is COc1cc(CN(Cc2cccnc2)Cc2ccco2)ccc1OCc1c(C)noc1C. The number of nitrogens with zero attached hydrogens (tertiary/aromatic N) is 3. The Morgan fingerprint density at radius 1 is 0.969 bits per heavy atom. The lowest BCUT2D eigenvalue weighted by Gasteiger charge is -2.22. The summed E-state index contributed by atoms with van der Waals surface area (Å²) in [6, 6.07) is 13.9. The van der Waals surface area contributed by atoms with Gasteiger partial charge in [0.05, 0.1) is 31.2 Å². The van der Waals surface area contributed by atoms with E-state index in [4.69, 9.17) is 18.4 Å². The van der Waals surface area contributed by atoms with E-state index < -0.39 is 0 Å². The van der Waals surface area contributed by atoms with Gasteiger partial charge in [0.1, 0.15) is 18.1 Å². The molecule has 32 heavy (non-hydrogen) atoms. The van der Waals surface area contributed by atoms with Crippen LogP contribution >= 0.6 is 0 Å². The molecule has 0 fully saturated rings. The maximum absolute atomic E-state index is 6.01. The van der Waals surface area contributed by atoms with Crippen LogP contribution in [0.1, 0.15) is 33.9 Å². The van der Waals surface area contributed by atoms with Gasteiger partial charge in [-0.15, -0.1) is 0 Å². The minimum atomic E-state index is 0.377. The number of ether oxygens (including phenoxy) is 2. The summed E-state index contributed by atoms with van der Waals surface area (Å²) in [5, 5.41) is 3.98. The molecule has 4 rings (SSSR count). The Kier molecular flexibility index (Phi) is 6.87. The Bertz CT molecular complexity index is 1100. The number of benzene rings is 1. The van der Waals surface area contributed by atoms with Crippen LogP contribution in [0, 0.1) is 13.8 Å². The lowest BCUT2D eigenvalue weighted by molar-refractivity contribution is 0.226. The van der Waals surface area contributed by atoms with Crippen LogP contribution in [-0.2, 0) is 26.2 Å². The summed E-state index contributed by atoms with van der Waals surface area (Å²) < 4.78 is 22.4. The summed E-state index contributed by atoms with van der Waals surface area (Å²) in [6.45, 7) is 6.33. The van der Waals surface area contributed by atoms with Crippen molar-refractivity contribution in [3.05, 3.63) is 95.0 Å². The molecule has 0 unspecified atom stereocenters. The highest BCUT2D eigenvalue weighted by Crippen LogP contribution is 2.30. The van der Waals surface area contributed by atoms with Crippen molar-refractivity contribution in [1.82, 2.24) is 15.0 Å². The predicted molar refractivity (Wildman–Crippen MR) is 119 cm³/mol. The van der Waals surface area contributed by atoms with Gasteiger partial charge in [0, 0.05) is 25.5 Å². The topological polar surface area (TPSA) is 73.8 Å². The molecule has 0 aliphatic rings. The van der Waals surface area contributed by atoms with E-state index in [1.165, 1.54) is 0 Å². The zero-order valence-corrected chi connectivity index (χ0v) is 18.6. The van der Waals surface area contributed by atoms with Crippen molar-refractivity contribution >= 4 is 0 Å². The molecule has 0 N–H and O–H groups in total. The zero-order chi connectivity index (χ0) is 22.3. The third-order valence-electron chi connectivity index (χ3n) is 5.28. The molecular formula is C25H27N3O4. The summed E-state index contributed by atoms with van der Waals surface area (Å²) in [5.41, 5.74) is 4.05. The number of aryl methyl sites for hydroxylation is 2. The molecule has 3 heterocycles. The Morgan fingerprint density at radius 3 is 2.53 bits per heavy atom. The van der Waals surface area contributed by atoms with Crippen molar-refractivity contribution in [2.75, 3.05) is 7.11 Å². The van der Waals surface area contributed by atoms with Crippen LogP contribution in [0.4, 0.5) is 0 Å². The van der Waals surface area contributed by atoms with Crippen LogP contribution in [0.5, 0.6) is 11.5 Å². The highest BCUT2D eigenvalue weighted by Gasteiger charge is 2.14. The first-order valence-corrected chi connectivity index (χ1v) is 10.5. The molecule has 166 valence electrons. The van der Waals surface area contributed by atoms with E-state index >= 15 is 0 Å². The smallest absolute Gasteiger partial charge is 0.161 e. The van der Waals surface area contributed by atoms with Gasteiger partial charge >= 0.3 is 0 Å². The molecule has 0 saturated heterocycles. The fraction of sp³-hybridized carbons (Fsp3) is 0.280. The Balaban J connectivity index is 1.49. The second-order valence-electron chi connectivity index (χ2n) is 7.66. The maximum Gasteiger partial charge on any atom is 0.161 e. The van der Waals surface area contributed by atoms with Crippen LogP contribution < -0.4 is 9.47 Å². The second-order valence-corrected chi connectivity index (χ2v) is 7.66. The average Bonchev–Trinajstić information content (AvgIpc) is 3.43. The molecule has 0 spiro atoms. The third-order valence-corrected chi connectivity index (χ3v) is 5.28. The summed E-state index contributed by atoms with van der Waals surface area (Å²) in [6.07, 6.45) is 5.37. The molecule has 0 amide bonds. The van der Waals surface area contributed by atoms with Crippen LogP contribution in [0.2, 0.25) is 0 Å². The molecule has 7 nitrogen and oxygen atoms in total. The summed E-state index contributed by atoms with van der Waals surface area (Å²) in [7, 11) is 1.65. The number of hydrogen-bond donors (Lipinski definition) is 0. The van der Waals surface area contributed by atoms with E-state index in [2.05, 4.69) is 27.2 Å². The fourth-order valence-electron chi connectivity index (χ4n) is 3.59. The molecule has 0 saturated carbocycles. The molecule has 7 heteroatoms. The fourth-order valence-corrected chi connectivity index (χ4v) is 3.59. The molecule has 3 aromatic heterocycles. The third kappa shape index (κ3) is 5.36. The van der Waals surface area contributed by atoms with Gasteiger partial charge in [-0.1, -0.05) is 17.3 Å². The number of hydrogen-bond acceptors (Lipinski definition) is 7. The van der Waals surface area contributed by atoms with Crippen LogP contribution in [-0.4, -0.2) is 22.2 Å². The van der Waals surface area contributed by atoms with E-state index in [0.717, 1.165) is 47.0 Å². The molecule has 0 aliphatic carbocycles. The lowest BCUT2D eigenvalue weighted by atomic mass is 10.1. The molecule has 0 radical (unpaired) electrons. The predicted octanol–water partition coefficient (Wildman–Crippen LogP) is 5.07. The standard InChI is InChI=1S/C25H27N3O4/c1-18-23(19(2)32-27-18)17-31-24-9-8-20(12-25(24)29-3)14-28(16-22-7-5-11-30-22)15-21-6-4-10-26-13-21/h4-13H,14-17H2,1-3H3. The first kappa shape index (κ1) is 21.6. The first-order valence-electron chi connectivity index (χ1n) is 10.5. The van der Waals surface area contributed by atoms with E-state index in [0.29, 0.717) is 24.7 Å². The number of aromatic nitrogens is 2. The normalized spacial score (nSPS) is 11.1. The maximum atomic E-state index is 6.01. The molecule has 4 aromatic rings. The largest absolute Gasteiger partial charge is 0.493 e. The first-order chi connectivity index (χ1) is 15.6. The van der Waals surface area contributed by atoms with Crippen LogP contribution in [0.3, 0.4) is 0 Å². The van der Waals surface area contributed by atoms with Crippen LogP contribution in [0.25, 0.3) is 0 Å². The van der Waals surface area contributed by atoms with Gasteiger partial charge in [-0.3, -0.25) is 9.88 Å². The van der Waals surface area contributed by atoms with E-state index in [1.807, 2.05) is 50.4 Å². The van der Waals surface area contributed by atoms with Gasteiger partial charge in [-0.25, -0.2) is 0 Å². The van der Waals surface area contributed by atoms with Crippen molar-refractivity contribution in [2.45, 2.75) is 40.1 Å². The monoisotopic (exact) mass is 433 g/mol. The Morgan fingerprint density at radius 2 is 1.84 bits per heavy atom. The van der Waals surface area contributed by atoms with Crippen molar-refractivity contribution in [1.29, 1.82) is 0 Å². The van der Waals surface area contributed by atoms with Gasteiger partial charge in [0.25, 0.3) is 0 Å². The molecule has 0 aliphatic heterocycles. The van der Waals surface area contributed by atoms with E-state index in [-0.39, 0.29) is 0 Å². The van der Waals surface area contributed by atoms with Crippen LogP contribution in [0.15, 0.2) is 70.1 Å². The molecular weight excluding hydrogens is 406 g/mol. The highest BCUT2D eigenvalue weighted by atomic mass is 16.5. The van der Waals surface area contributed by atoms with Gasteiger partial charge in [0.2, 0.25) is 0 Å². The lowest BCUT2D eigenvalue weighted by Crippen LogP contribution is -2.22. The van der Waals surface area contributed by atoms with Crippen molar-refractivity contribution in [3.8, 4) is 11.5 Å². The van der Waals surface area contributed by atoms with E-state index in [1.54, 1.807) is 19.6 Å². The summed E-state index contributed by atoms with van der Waals surface area (Å²) in [5.74, 6) is 3.05. The quantitative estimate of drug-likeness (QED) is 0.346. The van der Waals surface area contributed by atoms with Gasteiger partial charge in [0.15, 0.2) is 11.5 Å². The number of methoxy groups -OCH3 is 1. The van der Waals surface area contributed by atoms with Crippen molar-refractivity contribution in [2.24, 2.45) is 0 Å². The molecule has 1 aromatic carbocycles. The second kappa shape index (κ2) is 10.2. The number of furan rings is 1. The van der Waals surface area contributed by atoms with Gasteiger partial charge in [-0.05, 0) is 55.3 Å².